The minimum atomic E-state index is -0.997. The number of nitrogens with one attached hydrogen (secondary N) is 1. The van der Waals surface area contributed by atoms with E-state index in [4.69, 9.17) is 9.72 Å². The third kappa shape index (κ3) is 4.75. The number of fused-ring (bicyclic) bond motifs is 3. The molecule has 9 heteroatoms. The number of ether oxygens (including phenoxy) is 1. The summed E-state index contributed by atoms with van der Waals surface area (Å²) in [6, 6.07) is 17.7. The number of anilines is 2. The van der Waals surface area contributed by atoms with E-state index in [2.05, 4.69) is 21.4 Å². The van der Waals surface area contributed by atoms with Gasteiger partial charge in [-0.1, -0.05) is 18.2 Å². The number of benzene rings is 1. The average molecular weight is 537 g/mol. The van der Waals surface area contributed by atoms with E-state index < -0.39 is 5.60 Å². The van der Waals surface area contributed by atoms with Crippen molar-refractivity contribution in [3.8, 4) is 22.9 Å². The number of rotatable bonds is 7. The molecule has 4 aromatic rings. The van der Waals surface area contributed by atoms with E-state index in [9.17, 15) is 15.2 Å². The Morgan fingerprint density at radius 2 is 1.93 bits per heavy atom. The van der Waals surface area contributed by atoms with Gasteiger partial charge in [0.2, 0.25) is 5.91 Å². The van der Waals surface area contributed by atoms with E-state index in [0.717, 1.165) is 47.8 Å². The van der Waals surface area contributed by atoms with Gasteiger partial charge in [0.15, 0.2) is 0 Å². The van der Waals surface area contributed by atoms with Crippen molar-refractivity contribution in [2.45, 2.75) is 32.8 Å². The molecule has 2 aliphatic heterocycles. The van der Waals surface area contributed by atoms with Gasteiger partial charge in [-0.25, -0.2) is 9.50 Å². The number of amides is 1. The van der Waals surface area contributed by atoms with Crippen LogP contribution in [-0.2, 0) is 4.79 Å². The molecule has 9 nitrogen and oxygen atoms in total. The van der Waals surface area contributed by atoms with Gasteiger partial charge in [0.05, 0.1) is 28.6 Å². The summed E-state index contributed by atoms with van der Waals surface area (Å²) in [5, 5.41) is 27.4. The topological polar surface area (TPSA) is 116 Å². The third-order valence-electron chi connectivity index (χ3n) is 7.93. The molecule has 2 unspecified atom stereocenters. The molecule has 7 rings (SSSR count). The van der Waals surface area contributed by atoms with Crippen molar-refractivity contribution >= 4 is 22.9 Å². The molecule has 40 heavy (non-hydrogen) atoms. The molecule has 1 aliphatic carbocycles. The summed E-state index contributed by atoms with van der Waals surface area (Å²) in [4.78, 5) is 20.0. The molecular formula is C31H32N6O3. The molecule has 2 saturated heterocycles. The lowest BCUT2D eigenvalue weighted by Crippen LogP contribution is -2.59. The van der Waals surface area contributed by atoms with Gasteiger partial charge < -0.3 is 20.1 Å². The van der Waals surface area contributed by atoms with Crippen molar-refractivity contribution in [1.29, 1.82) is 5.26 Å². The fourth-order valence-corrected chi connectivity index (χ4v) is 5.96. The molecule has 1 aromatic carbocycles. The van der Waals surface area contributed by atoms with Gasteiger partial charge in [-0.05, 0) is 69.4 Å². The lowest BCUT2D eigenvalue weighted by atomic mass is 9.61. The van der Waals surface area contributed by atoms with E-state index in [1.165, 1.54) is 0 Å². The maximum absolute atomic E-state index is 12.9. The fraction of sp³-hybridized carbons (Fsp3) is 0.355. The number of pyridine rings is 2. The first-order valence-corrected chi connectivity index (χ1v) is 13.6. The van der Waals surface area contributed by atoms with Gasteiger partial charge in [0.1, 0.15) is 24.2 Å². The van der Waals surface area contributed by atoms with Crippen LogP contribution in [0.25, 0.3) is 16.6 Å². The van der Waals surface area contributed by atoms with Crippen molar-refractivity contribution in [2.24, 2.45) is 17.8 Å². The van der Waals surface area contributed by atoms with E-state index in [1.807, 2.05) is 61.7 Å². The summed E-state index contributed by atoms with van der Waals surface area (Å²) in [6.07, 6.45) is 4.43. The number of nitrogens with zero attached hydrogens (tertiary/aromatic N) is 5. The van der Waals surface area contributed by atoms with Crippen LogP contribution >= 0.6 is 0 Å². The fourth-order valence-electron chi connectivity index (χ4n) is 5.96. The van der Waals surface area contributed by atoms with Crippen LogP contribution < -0.4 is 15.0 Å². The van der Waals surface area contributed by atoms with Gasteiger partial charge in [-0.3, -0.25) is 4.79 Å². The monoisotopic (exact) mass is 536 g/mol. The van der Waals surface area contributed by atoms with Crippen LogP contribution in [0.5, 0.6) is 5.75 Å². The van der Waals surface area contributed by atoms with E-state index in [-0.39, 0.29) is 18.4 Å². The number of carbonyl (C=O) groups excluding carboxylic acids is 1. The number of hydrogen-bond donors (Lipinski definition) is 2. The molecule has 3 aliphatic rings. The molecule has 0 spiro atoms. The van der Waals surface area contributed by atoms with Crippen LogP contribution in [0.15, 0.2) is 60.9 Å². The maximum Gasteiger partial charge on any atom is 0.228 e. The molecule has 2 atom stereocenters. The Hall–Kier alpha value is -4.42. The Balaban J connectivity index is 1.22. The molecule has 2 N–H and O–H groups in total. The number of para-hydroxylation sites is 1. The zero-order valence-electron chi connectivity index (χ0n) is 22.8. The molecule has 2 bridgehead atoms. The Morgan fingerprint density at radius 3 is 2.58 bits per heavy atom. The second-order valence-electron chi connectivity index (χ2n) is 11.5. The van der Waals surface area contributed by atoms with Crippen molar-refractivity contribution in [3.05, 3.63) is 72.2 Å². The van der Waals surface area contributed by atoms with Crippen LogP contribution in [-0.4, -0.2) is 50.9 Å². The molecule has 3 fully saturated rings. The SMILES string of the molecule is Cc1c(OCC(C)(C)O)cc(-c2ccc(N3CC4CC(C3)C4C(=O)Nc3ccccc3)nc2)c2c(C#N)cnn12. The van der Waals surface area contributed by atoms with Crippen molar-refractivity contribution < 1.29 is 14.6 Å². The van der Waals surface area contributed by atoms with Crippen LogP contribution in [0.3, 0.4) is 0 Å². The zero-order valence-corrected chi connectivity index (χ0v) is 22.8. The summed E-state index contributed by atoms with van der Waals surface area (Å²) in [7, 11) is 0. The number of aromatic nitrogens is 3. The summed E-state index contributed by atoms with van der Waals surface area (Å²) in [5.74, 6) is 2.20. The first-order valence-electron chi connectivity index (χ1n) is 13.6. The highest BCUT2D eigenvalue weighted by Gasteiger charge is 2.50. The van der Waals surface area contributed by atoms with Crippen LogP contribution in [0.4, 0.5) is 11.5 Å². The quantitative estimate of drug-likeness (QED) is 0.359. The average Bonchev–Trinajstić information content (AvgIpc) is 3.38. The standard InChI is InChI=1S/C31H32N6O3/c1-19-26(40-18-31(2,3)39)12-25(29-23(13-32)15-34-37(19)29)20-9-10-27(33-14-20)36-16-21-11-22(17-36)28(21)30(38)35-24-7-5-4-6-8-24/h4-10,12,14-15,21-22,28,39H,11,16-18H2,1-3H3,(H,35,38). The lowest BCUT2D eigenvalue weighted by Gasteiger charge is -2.53. The maximum atomic E-state index is 12.9. The number of piperidine rings is 2. The smallest absolute Gasteiger partial charge is 0.228 e. The first kappa shape index (κ1) is 25.8. The molecule has 1 saturated carbocycles. The highest BCUT2D eigenvalue weighted by Crippen LogP contribution is 2.47. The minimum Gasteiger partial charge on any atom is -0.489 e. The molecule has 0 radical (unpaired) electrons. The Kier molecular flexibility index (Phi) is 6.43. The van der Waals surface area contributed by atoms with Gasteiger partial charge in [-0.15, -0.1) is 0 Å². The van der Waals surface area contributed by atoms with Gasteiger partial charge in [0, 0.05) is 42.0 Å². The van der Waals surface area contributed by atoms with E-state index >= 15 is 0 Å². The molecule has 1 amide bonds. The van der Waals surface area contributed by atoms with Crippen molar-refractivity contribution in [3.63, 3.8) is 0 Å². The van der Waals surface area contributed by atoms with Gasteiger partial charge in [-0.2, -0.15) is 10.4 Å². The predicted molar refractivity (Wildman–Crippen MR) is 152 cm³/mol. The normalized spacial score (nSPS) is 20.1. The Morgan fingerprint density at radius 1 is 1.18 bits per heavy atom. The van der Waals surface area contributed by atoms with Crippen LogP contribution in [0, 0.1) is 36.0 Å². The number of carbonyl (C=O) groups is 1. The van der Waals surface area contributed by atoms with Crippen LogP contribution in [0.1, 0.15) is 31.5 Å². The second-order valence-corrected chi connectivity index (χ2v) is 11.5. The highest BCUT2D eigenvalue weighted by molar-refractivity contribution is 5.94. The minimum absolute atomic E-state index is 0.0326. The third-order valence-corrected chi connectivity index (χ3v) is 7.93. The summed E-state index contributed by atoms with van der Waals surface area (Å²) < 4.78 is 7.67. The highest BCUT2D eigenvalue weighted by atomic mass is 16.5. The summed E-state index contributed by atoms with van der Waals surface area (Å²) in [5.41, 5.74) is 3.35. The van der Waals surface area contributed by atoms with Crippen LogP contribution in [0.2, 0.25) is 0 Å². The lowest BCUT2D eigenvalue weighted by molar-refractivity contribution is -0.130. The number of hydrogen-bond acceptors (Lipinski definition) is 7. The molecular weight excluding hydrogens is 504 g/mol. The molecule has 204 valence electrons. The number of aryl methyl sites for hydroxylation is 1. The first-order chi connectivity index (χ1) is 19.2. The summed E-state index contributed by atoms with van der Waals surface area (Å²) >= 11 is 0. The molecule has 3 aromatic heterocycles. The summed E-state index contributed by atoms with van der Waals surface area (Å²) in [6.45, 7) is 6.95. The van der Waals surface area contributed by atoms with Crippen molar-refractivity contribution in [1.82, 2.24) is 14.6 Å². The van der Waals surface area contributed by atoms with E-state index in [0.29, 0.717) is 28.7 Å². The number of aliphatic hydroxyl groups is 1. The second kappa shape index (κ2) is 9.96. The predicted octanol–water partition coefficient (Wildman–Crippen LogP) is 4.44. The Labute approximate surface area is 233 Å². The van der Waals surface area contributed by atoms with E-state index in [1.54, 1.807) is 24.6 Å². The van der Waals surface area contributed by atoms with Crippen molar-refractivity contribution in [2.75, 3.05) is 29.9 Å². The van der Waals surface area contributed by atoms with Gasteiger partial charge in [0.25, 0.3) is 0 Å². The molecule has 5 heterocycles. The van der Waals surface area contributed by atoms with Gasteiger partial charge >= 0.3 is 0 Å². The largest absolute Gasteiger partial charge is 0.489 e. The number of nitriles is 1. The Bertz CT molecular complexity index is 1590. The zero-order chi connectivity index (χ0) is 28.0.